The molecule has 0 radical (unpaired) electrons. The fraction of sp³-hybridized carbons (Fsp3) is 0.250. The maximum atomic E-state index is 12.6. The molecule has 4 nitrogen and oxygen atoms in total. The van der Waals surface area contributed by atoms with Crippen molar-refractivity contribution in [3.8, 4) is 0 Å². The van der Waals surface area contributed by atoms with E-state index in [1.54, 1.807) is 0 Å². The first-order chi connectivity index (χ1) is 6.09. The van der Waals surface area contributed by atoms with Crippen LogP contribution in [0, 0.1) is 5.82 Å². The van der Waals surface area contributed by atoms with Gasteiger partial charge in [0.05, 0.1) is 12.1 Å². The average Bonchev–Trinajstić information content (AvgIpc) is 2.03. The fourth-order valence-corrected chi connectivity index (χ4v) is 0.873. The second-order valence-electron chi connectivity index (χ2n) is 2.51. The number of nitrogens with zero attached hydrogens (tertiary/aromatic N) is 1. The highest BCUT2D eigenvalue weighted by Crippen LogP contribution is 2.14. The van der Waals surface area contributed by atoms with Gasteiger partial charge in [0.2, 0.25) is 0 Å². The highest BCUT2D eigenvalue weighted by atomic mass is 19.1. The van der Waals surface area contributed by atoms with Gasteiger partial charge >= 0.3 is 5.97 Å². The van der Waals surface area contributed by atoms with E-state index in [0.717, 1.165) is 12.1 Å². The van der Waals surface area contributed by atoms with Crippen LogP contribution in [0.25, 0.3) is 0 Å². The van der Waals surface area contributed by atoms with Crippen LogP contribution in [0.15, 0.2) is 18.3 Å². The molecule has 1 rings (SSSR count). The van der Waals surface area contributed by atoms with E-state index in [1.165, 1.54) is 6.20 Å². The minimum Gasteiger partial charge on any atom is -0.481 e. The highest BCUT2D eigenvalue weighted by molar-refractivity contribution is 5.67. The van der Waals surface area contributed by atoms with Crippen molar-refractivity contribution in [1.82, 2.24) is 4.98 Å². The summed E-state index contributed by atoms with van der Waals surface area (Å²) in [5.41, 5.74) is 0.0300. The highest BCUT2D eigenvalue weighted by Gasteiger charge is 2.13. The topological polar surface area (TPSA) is 70.4 Å². The van der Waals surface area contributed by atoms with Crippen LogP contribution in [-0.4, -0.2) is 21.2 Å². The van der Waals surface area contributed by atoms with Gasteiger partial charge in [0.1, 0.15) is 11.9 Å². The van der Waals surface area contributed by atoms with Crippen molar-refractivity contribution < 1.29 is 19.4 Å². The lowest BCUT2D eigenvalue weighted by atomic mass is 10.2. The average molecular weight is 185 g/mol. The Labute approximate surface area is 73.7 Å². The summed E-state index contributed by atoms with van der Waals surface area (Å²) in [6.45, 7) is 0. The van der Waals surface area contributed by atoms with E-state index < -0.39 is 24.3 Å². The standard InChI is InChI=1S/C8H8FNO3/c9-5-1-2-10-6(3-5)7(11)4-8(12)13/h1-3,7,11H,4H2,(H,12,13). The molecule has 0 spiro atoms. The minimum absolute atomic E-state index is 0.0300. The van der Waals surface area contributed by atoms with Crippen molar-refractivity contribution in [2.75, 3.05) is 0 Å². The third-order valence-corrected chi connectivity index (χ3v) is 1.45. The van der Waals surface area contributed by atoms with Gasteiger partial charge in [-0.3, -0.25) is 9.78 Å². The normalized spacial score (nSPS) is 12.5. The lowest BCUT2D eigenvalue weighted by molar-refractivity contribution is -0.139. The number of carboxylic acids is 1. The van der Waals surface area contributed by atoms with Gasteiger partial charge in [0.15, 0.2) is 0 Å². The molecule has 2 N–H and O–H groups in total. The quantitative estimate of drug-likeness (QED) is 0.728. The van der Waals surface area contributed by atoms with Gasteiger partial charge in [-0.1, -0.05) is 0 Å². The number of carbonyl (C=O) groups is 1. The summed E-state index contributed by atoms with van der Waals surface area (Å²) < 4.78 is 12.6. The molecule has 0 aromatic carbocycles. The second-order valence-corrected chi connectivity index (χ2v) is 2.51. The van der Waals surface area contributed by atoms with Crippen LogP contribution in [0.5, 0.6) is 0 Å². The van der Waals surface area contributed by atoms with Crippen LogP contribution < -0.4 is 0 Å². The van der Waals surface area contributed by atoms with Crippen LogP contribution in [0.2, 0.25) is 0 Å². The first-order valence-electron chi connectivity index (χ1n) is 3.61. The number of halogens is 1. The van der Waals surface area contributed by atoms with Crippen LogP contribution in [0.1, 0.15) is 18.2 Å². The molecule has 1 aromatic rings. The monoisotopic (exact) mass is 185 g/mol. The molecule has 0 fully saturated rings. The summed E-state index contributed by atoms with van der Waals surface area (Å²) >= 11 is 0. The smallest absolute Gasteiger partial charge is 0.306 e. The first-order valence-corrected chi connectivity index (χ1v) is 3.61. The van der Waals surface area contributed by atoms with Gasteiger partial charge in [0, 0.05) is 6.20 Å². The van der Waals surface area contributed by atoms with Crippen molar-refractivity contribution in [1.29, 1.82) is 0 Å². The van der Waals surface area contributed by atoms with E-state index in [0.29, 0.717) is 0 Å². The molecule has 0 saturated carbocycles. The van der Waals surface area contributed by atoms with E-state index in [2.05, 4.69) is 4.98 Å². The van der Waals surface area contributed by atoms with Crippen molar-refractivity contribution in [3.05, 3.63) is 29.8 Å². The minimum atomic E-state index is -1.26. The third-order valence-electron chi connectivity index (χ3n) is 1.45. The molecule has 5 heteroatoms. The van der Waals surface area contributed by atoms with E-state index in [4.69, 9.17) is 5.11 Å². The Bertz CT molecular complexity index is 316. The molecule has 13 heavy (non-hydrogen) atoms. The largest absolute Gasteiger partial charge is 0.481 e. The summed E-state index contributed by atoms with van der Waals surface area (Å²) in [7, 11) is 0. The zero-order chi connectivity index (χ0) is 9.84. The first kappa shape index (κ1) is 9.60. The molecule has 0 saturated heterocycles. The Kier molecular flexibility index (Phi) is 2.92. The molecule has 0 amide bonds. The lowest BCUT2D eigenvalue weighted by Gasteiger charge is -2.05. The van der Waals surface area contributed by atoms with Crippen molar-refractivity contribution in [3.63, 3.8) is 0 Å². The molecule has 0 aliphatic carbocycles. The van der Waals surface area contributed by atoms with Gasteiger partial charge in [-0.25, -0.2) is 4.39 Å². The summed E-state index contributed by atoms with van der Waals surface area (Å²) in [6.07, 6.45) is -0.556. The van der Waals surface area contributed by atoms with Gasteiger partial charge in [-0.2, -0.15) is 0 Å². The van der Waals surface area contributed by atoms with Crippen LogP contribution in [0.4, 0.5) is 4.39 Å². The van der Waals surface area contributed by atoms with E-state index in [9.17, 15) is 14.3 Å². The molecule has 1 heterocycles. The summed E-state index contributed by atoms with van der Waals surface area (Å²) in [5, 5.41) is 17.5. The Morgan fingerprint density at radius 1 is 1.69 bits per heavy atom. The second kappa shape index (κ2) is 3.95. The molecule has 1 unspecified atom stereocenters. The summed E-state index contributed by atoms with van der Waals surface area (Å²) in [6, 6.07) is 2.13. The molecule has 0 aliphatic rings. The maximum absolute atomic E-state index is 12.6. The Hall–Kier alpha value is -1.49. The number of hydrogen-bond acceptors (Lipinski definition) is 3. The third kappa shape index (κ3) is 2.79. The van der Waals surface area contributed by atoms with E-state index in [-0.39, 0.29) is 5.69 Å². The fourth-order valence-electron chi connectivity index (χ4n) is 0.873. The number of aliphatic hydroxyl groups is 1. The predicted molar refractivity (Wildman–Crippen MR) is 41.4 cm³/mol. The zero-order valence-corrected chi connectivity index (χ0v) is 6.64. The molecule has 1 aromatic heterocycles. The van der Waals surface area contributed by atoms with Crippen LogP contribution >= 0.6 is 0 Å². The van der Waals surface area contributed by atoms with Crippen LogP contribution in [-0.2, 0) is 4.79 Å². The van der Waals surface area contributed by atoms with E-state index >= 15 is 0 Å². The molecule has 70 valence electrons. The number of carboxylic acid groups (broad SMARTS) is 1. The molecule has 1 atom stereocenters. The molecular formula is C8H8FNO3. The zero-order valence-electron chi connectivity index (χ0n) is 6.64. The molecule has 0 aliphatic heterocycles. The number of aliphatic carboxylic acids is 1. The number of pyridine rings is 1. The number of hydrogen-bond donors (Lipinski definition) is 2. The van der Waals surface area contributed by atoms with Crippen molar-refractivity contribution >= 4 is 5.97 Å². The summed E-state index contributed by atoms with van der Waals surface area (Å²) in [4.78, 5) is 13.8. The Morgan fingerprint density at radius 2 is 2.38 bits per heavy atom. The maximum Gasteiger partial charge on any atom is 0.306 e. The lowest BCUT2D eigenvalue weighted by Crippen LogP contribution is -2.07. The van der Waals surface area contributed by atoms with Gasteiger partial charge in [-0.15, -0.1) is 0 Å². The number of aliphatic hydroxyl groups excluding tert-OH is 1. The summed E-state index contributed by atoms with van der Waals surface area (Å²) in [5.74, 6) is -1.70. The number of aromatic nitrogens is 1. The van der Waals surface area contributed by atoms with Gasteiger partial charge < -0.3 is 10.2 Å². The Morgan fingerprint density at radius 3 is 2.92 bits per heavy atom. The predicted octanol–water partition coefficient (Wildman–Crippen LogP) is 0.729. The SMILES string of the molecule is O=C(O)CC(O)c1cc(F)ccn1. The Balaban J connectivity index is 2.76. The van der Waals surface area contributed by atoms with Crippen molar-refractivity contribution in [2.45, 2.75) is 12.5 Å². The molecule has 0 bridgehead atoms. The van der Waals surface area contributed by atoms with Crippen LogP contribution in [0.3, 0.4) is 0 Å². The molecular weight excluding hydrogens is 177 g/mol. The van der Waals surface area contributed by atoms with Gasteiger partial charge in [-0.05, 0) is 12.1 Å². The number of rotatable bonds is 3. The van der Waals surface area contributed by atoms with Crippen molar-refractivity contribution in [2.24, 2.45) is 0 Å². The van der Waals surface area contributed by atoms with E-state index in [1.807, 2.05) is 0 Å². The van der Waals surface area contributed by atoms with Gasteiger partial charge in [0.25, 0.3) is 0 Å².